The van der Waals surface area contributed by atoms with E-state index in [1.165, 1.54) is 0 Å². The average molecular weight is 540 g/mol. The molecule has 1 spiro atoms. The Kier molecular flexibility index (Phi) is 8.05. The number of likely N-dealkylation sites (tertiary alicyclic amines) is 1. The zero-order chi connectivity index (χ0) is 28.1. The van der Waals surface area contributed by atoms with Crippen LogP contribution in [-0.2, 0) is 16.0 Å². The number of nitrogens with one attached hydrogen (secondary N) is 2. The molecule has 3 aromatic rings. The number of hydrogen-bond donors (Lipinski definition) is 2. The number of amides is 4. The molecule has 0 saturated carbocycles. The van der Waals surface area contributed by atoms with Crippen LogP contribution in [0.25, 0.3) is 0 Å². The minimum absolute atomic E-state index is 0.0148. The Bertz CT molecular complexity index is 1340. The van der Waals surface area contributed by atoms with Crippen molar-refractivity contribution < 1.29 is 14.4 Å². The van der Waals surface area contributed by atoms with Crippen LogP contribution in [0.2, 0.25) is 0 Å². The fourth-order valence-electron chi connectivity index (χ4n) is 5.76. The van der Waals surface area contributed by atoms with Crippen molar-refractivity contribution in [2.75, 3.05) is 36.5 Å². The highest BCUT2D eigenvalue weighted by atomic mass is 16.2. The number of urea groups is 1. The number of anilines is 2. The molecular weight excluding hydrogens is 502 g/mol. The van der Waals surface area contributed by atoms with E-state index >= 15 is 0 Å². The third-order valence-electron chi connectivity index (χ3n) is 8.06. The van der Waals surface area contributed by atoms with Crippen LogP contribution in [-0.4, -0.2) is 59.5 Å². The maximum atomic E-state index is 14.0. The molecule has 0 bridgehead atoms. The number of carbonyl (C=O) groups is 3. The second-order valence-corrected chi connectivity index (χ2v) is 10.6. The lowest BCUT2D eigenvalue weighted by Crippen LogP contribution is -2.58. The molecule has 2 fully saturated rings. The molecule has 4 amide bonds. The second-order valence-electron chi connectivity index (χ2n) is 10.6. The molecule has 0 radical (unpaired) electrons. The van der Waals surface area contributed by atoms with E-state index in [0.29, 0.717) is 32.6 Å². The first-order valence-corrected chi connectivity index (χ1v) is 14.0. The van der Waals surface area contributed by atoms with Crippen molar-refractivity contribution in [3.8, 4) is 0 Å². The number of nitrogens with zero attached hydrogens (tertiary/aromatic N) is 3. The van der Waals surface area contributed by atoms with Gasteiger partial charge in [0.1, 0.15) is 12.1 Å². The molecule has 2 heterocycles. The number of rotatable bonds is 7. The molecule has 2 aliphatic heterocycles. The van der Waals surface area contributed by atoms with Crippen molar-refractivity contribution in [1.82, 2.24) is 15.1 Å². The molecule has 0 aliphatic carbocycles. The van der Waals surface area contributed by atoms with Gasteiger partial charge in [-0.25, -0.2) is 4.79 Å². The van der Waals surface area contributed by atoms with Crippen LogP contribution >= 0.6 is 0 Å². The van der Waals surface area contributed by atoms with Gasteiger partial charge >= 0.3 is 6.03 Å². The standard InChI is InChI=1S/C32H37N5O3/c1-3-25-11-10-14-27(21-25)34-31(40)35-19-17-32(18-20-35)30(39)36(23-37(32)28-15-8-5-9-16-28)22-29(38)33-24(2)26-12-6-4-7-13-26/h4-16,21,24H,3,17-20,22-23H2,1-2H3,(H,33,38)(H,34,40). The zero-order valence-corrected chi connectivity index (χ0v) is 23.2. The lowest BCUT2D eigenvalue weighted by atomic mass is 9.85. The largest absolute Gasteiger partial charge is 0.348 e. The lowest BCUT2D eigenvalue weighted by Gasteiger charge is -2.43. The molecule has 208 valence electrons. The molecule has 3 aromatic carbocycles. The van der Waals surface area contributed by atoms with Gasteiger partial charge in [0.25, 0.3) is 5.91 Å². The van der Waals surface area contributed by atoms with E-state index in [-0.39, 0.29) is 30.4 Å². The number of carbonyl (C=O) groups excluding carboxylic acids is 3. The number of aryl methyl sites for hydroxylation is 1. The van der Waals surface area contributed by atoms with Crippen LogP contribution in [0.3, 0.4) is 0 Å². The van der Waals surface area contributed by atoms with Gasteiger partial charge in [0.2, 0.25) is 5.91 Å². The Morgan fingerprint density at radius 2 is 1.60 bits per heavy atom. The van der Waals surface area contributed by atoms with Crippen molar-refractivity contribution in [3.63, 3.8) is 0 Å². The van der Waals surface area contributed by atoms with E-state index in [9.17, 15) is 14.4 Å². The van der Waals surface area contributed by atoms with Crippen LogP contribution in [0, 0.1) is 0 Å². The first-order chi connectivity index (χ1) is 19.4. The lowest BCUT2D eigenvalue weighted by molar-refractivity contribution is -0.137. The molecule has 40 heavy (non-hydrogen) atoms. The van der Waals surface area contributed by atoms with Crippen LogP contribution < -0.4 is 15.5 Å². The van der Waals surface area contributed by atoms with Gasteiger partial charge in [-0.1, -0.05) is 67.6 Å². The van der Waals surface area contributed by atoms with E-state index in [2.05, 4.69) is 22.5 Å². The molecule has 2 N–H and O–H groups in total. The summed E-state index contributed by atoms with van der Waals surface area (Å²) in [4.78, 5) is 45.6. The van der Waals surface area contributed by atoms with Crippen LogP contribution in [0.5, 0.6) is 0 Å². The Hall–Kier alpha value is -4.33. The van der Waals surface area contributed by atoms with Crippen molar-refractivity contribution in [3.05, 3.63) is 96.1 Å². The third-order valence-corrected chi connectivity index (χ3v) is 8.06. The summed E-state index contributed by atoms with van der Waals surface area (Å²) in [6.45, 7) is 5.22. The SMILES string of the molecule is CCc1cccc(NC(=O)N2CCC3(CC2)C(=O)N(CC(=O)NC(C)c2ccccc2)CN3c2ccccc2)c1. The van der Waals surface area contributed by atoms with Gasteiger partial charge in [0.05, 0.1) is 12.7 Å². The molecule has 1 atom stereocenters. The van der Waals surface area contributed by atoms with Crippen LogP contribution in [0.1, 0.15) is 43.9 Å². The number of hydrogen-bond acceptors (Lipinski definition) is 4. The summed E-state index contributed by atoms with van der Waals surface area (Å²) >= 11 is 0. The number of para-hydroxylation sites is 1. The van der Waals surface area contributed by atoms with Crippen molar-refractivity contribution in [2.24, 2.45) is 0 Å². The van der Waals surface area contributed by atoms with Gasteiger partial charge in [0.15, 0.2) is 0 Å². The highest BCUT2D eigenvalue weighted by Gasteiger charge is 2.54. The predicted molar refractivity (Wildman–Crippen MR) is 157 cm³/mol. The van der Waals surface area contributed by atoms with Crippen molar-refractivity contribution in [2.45, 2.75) is 44.7 Å². The first kappa shape index (κ1) is 27.2. The second kappa shape index (κ2) is 11.8. The molecule has 5 rings (SSSR count). The Morgan fingerprint density at radius 1 is 0.925 bits per heavy atom. The summed E-state index contributed by atoms with van der Waals surface area (Å²) in [5.41, 5.74) is 3.08. The van der Waals surface area contributed by atoms with Gasteiger partial charge in [-0.15, -0.1) is 0 Å². The molecule has 1 unspecified atom stereocenters. The molecule has 8 heteroatoms. The third kappa shape index (κ3) is 5.66. The summed E-state index contributed by atoms with van der Waals surface area (Å²) in [5.74, 6) is -0.254. The Balaban J connectivity index is 1.28. The van der Waals surface area contributed by atoms with E-state index in [0.717, 1.165) is 28.9 Å². The number of piperidine rings is 1. The highest BCUT2D eigenvalue weighted by Crippen LogP contribution is 2.39. The summed E-state index contributed by atoms with van der Waals surface area (Å²) in [6.07, 6.45) is 1.87. The summed E-state index contributed by atoms with van der Waals surface area (Å²) < 4.78 is 0. The van der Waals surface area contributed by atoms with Gasteiger partial charge < -0.3 is 25.3 Å². The average Bonchev–Trinajstić information content (AvgIpc) is 3.24. The van der Waals surface area contributed by atoms with E-state index in [4.69, 9.17) is 0 Å². The van der Waals surface area contributed by atoms with Gasteiger partial charge in [-0.2, -0.15) is 0 Å². The zero-order valence-electron chi connectivity index (χ0n) is 23.2. The minimum atomic E-state index is -0.800. The van der Waals surface area contributed by atoms with E-state index in [1.807, 2.05) is 91.9 Å². The van der Waals surface area contributed by atoms with Crippen molar-refractivity contribution >= 4 is 29.2 Å². The normalized spacial score (nSPS) is 17.1. The summed E-state index contributed by atoms with van der Waals surface area (Å²) in [6, 6.07) is 27.2. The van der Waals surface area contributed by atoms with Crippen molar-refractivity contribution in [1.29, 1.82) is 0 Å². The minimum Gasteiger partial charge on any atom is -0.348 e. The van der Waals surface area contributed by atoms with Gasteiger partial charge in [-0.05, 0) is 61.6 Å². The van der Waals surface area contributed by atoms with Crippen LogP contribution in [0.4, 0.5) is 16.2 Å². The predicted octanol–water partition coefficient (Wildman–Crippen LogP) is 4.80. The fourth-order valence-corrected chi connectivity index (χ4v) is 5.76. The van der Waals surface area contributed by atoms with E-state index < -0.39 is 5.54 Å². The quantitative estimate of drug-likeness (QED) is 0.452. The summed E-state index contributed by atoms with van der Waals surface area (Å²) in [7, 11) is 0. The maximum absolute atomic E-state index is 14.0. The number of benzene rings is 3. The first-order valence-electron chi connectivity index (χ1n) is 14.0. The highest BCUT2D eigenvalue weighted by molar-refractivity contribution is 5.97. The molecule has 8 nitrogen and oxygen atoms in total. The molecule has 0 aromatic heterocycles. The Morgan fingerprint density at radius 3 is 2.27 bits per heavy atom. The fraction of sp³-hybridized carbons (Fsp3) is 0.344. The van der Waals surface area contributed by atoms with Crippen LogP contribution in [0.15, 0.2) is 84.9 Å². The topological polar surface area (TPSA) is 85.0 Å². The van der Waals surface area contributed by atoms with E-state index in [1.54, 1.807) is 9.80 Å². The molecule has 2 saturated heterocycles. The van der Waals surface area contributed by atoms with Gasteiger partial charge in [-0.3, -0.25) is 9.59 Å². The maximum Gasteiger partial charge on any atom is 0.321 e. The smallest absolute Gasteiger partial charge is 0.321 e. The Labute approximate surface area is 236 Å². The molecule has 2 aliphatic rings. The monoisotopic (exact) mass is 539 g/mol. The molecular formula is C32H37N5O3. The summed E-state index contributed by atoms with van der Waals surface area (Å²) in [5, 5.41) is 6.04. The van der Waals surface area contributed by atoms with Gasteiger partial charge in [0, 0.05) is 24.5 Å².